The van der Waals surface area contributed by atoms with Crippen LogP contribution in [0.2, 0.25) is 0 Å². The van der Waals surface area contributed by atoms with Crippen LogP contribution >= 0.6 is 11.8 Å². The van der Waals surface area contributed by atoms with E-state index in [1.165, 1.54) is 23.1 Å². The maximum Gasteiger partial charge on any atom is 0.355 e. The van der Waals surface area contributed by atoms with E-state index in [0.29, 0.717) is 23.8 Å². The molecular weight excluding hydrogens is 568 g/mol. The number of methoxy groups -OCH3 is 1. The Morgan fingerprint density at radius 3 is 2.53 bits per heavy atom. The Morgan fingerprint density at radius 1 is 1.07 bits per heavy atom. The summed E-state index contributed by atoms with van der Waals surface area (Å²) in [6.07, 6.45) is 6.95. The molecule has 0 radical (unpaired) electrons. The SMILES string of the molecule is COc1ccc(COC(=O)C2=C(C[n+]3ccc(-c4cnco4)cc3)CS[C@@H]3[C@H](NC(=O)Cc4ccccc4)C(=O)N23)cc1. The molecule has 6 rings (SSSR count). The van der Waals surface area contributed by atoms with Gasteiger partial charge in [0.15, 0.2) is 31.1 Å². The second-order valence-electron chi connectivity index (χ2n) is 10.1. The summed E-state index contributed by atoms with van der Waals surface area (Å²) in [4.78, 5) is 45.2. The smallest absolute Gasteiger partial charge is 0.355 e. The molecule has 0 bridgehead atoms. The van der Waals surface area contributed by atoms with Crippen LogP contribution < -0.4 is 14.6 Å². The molecule has 10 nitrogen and oxygen atoms in total. The monoisotopic (exact) mass is 597 g/mol. The highest BCUT2D eigenvalue weighted by Crippen LogP contribution is 2.41. The summed E-state index contributed by atoms with van der Waals surface area (Å²) in [7, 11) is 1.59. The van der Waals surface area contributed by atoms with Crippen LogP contribution in [0.15, 0.2) is 107 Å². The summed E-state index contributed by atoms with van der Waals surface area (Å²) in [5.74, 6) is 0.673. The van der Waals surface area contributed by atoms with Crippen LogP contribution in [0.25, 0.3) is 11.3 Å². The van der Waals surface area contributed by atoms with Crippen molar-refractivity contribution < 1.29 is 32.8 Å². The quantitative estimate of drug-likeness (QED) is 0.168. The number of rotatable bonds is 10. The van der Waals surface area contributed by atoms with Gasteiger partial charge in [0.25, 0.3) is 5.91 Å². The molecule has 0 unspecified atom stereocenters. The van der Waals surface area contributed by atoms with Crippen LogP contribution in [0.4, 0.5) is 0 Å². The summed E-state index contributed by atoms with van der Waals surface area (Å²) >= 11 is 1.52. The number of carbonyl (C=O) groups is 3. The van der Waals surface area contributed by atoms with Crippen molar-refractivity contribution in [2.45, 2.75) is 31.0 Å². The van der Waals surface area contributed by atoms with E-state index in [9.17, 15) is 14.4 Å². The van der Waals surface area contributed by atoms with Crippen molar-refractivity contribution in [3.8, 4) is 17.1 Å². The third-order valence-electron chi connectivity index (χ3n) is 7.27. The first kappa shape index (κ1) is 28.2. The highest BCUT2D eigenvalue weighted by molar-refractivity contribution is 8.00. The zero-order valence-corrected chi connectivity index (χ0v) is 24.2. The van der Waals surface area contributed by atoms with Gasteiger partial charge in [-0.3, -0.25) is 14.5 Å². The zero-order chi connectivity index (χ0) is 29.8. The Hall–Kier alpha value is -4.90. The molecular formula is C32H29N4O6S+. The van der Waals surface area contributed by atoms with E-state index in [-0.39, 0.29) is 30.5 Å². The van der Waals surface area contributed by atoms with Crippen molar-refractivity contribution in [2.75, 3.05) is 12.9 Å². The molecule has 2 aliphatic rings. The van der Waals surface area contributed by atoms with E-state index in [4.69, 9.17) is 13.9 Å². The molecule has 43 heavy (non-hydrogen) atoms. The number of hydrogen-bond acceptors (Lipinski definition) is 8. The number of amides is 2. The molecule has 4 aromatic rings. The summed E-state index contributed by atoms with van der Waals surface area (Å²) in [6.45, 7) is 0.411. The molecule has 1 saturated heterocycles. The van der Waals surface area contributed by atoms with E-state index in [1.54, 1.807) is 25.4 Å². The van der Waals surface area contributed by atoms with Gasteiger partial charge < -0.3 is 19.2 Å². The molecule has 1 fully saturated rings. The number of benzene rings is 2. The van der Waals surface area contributed by atoms with Crippen molar-refractivity contribution in [1.82, 2.24) is 15.2 Å². The van der Waals surface area contributed by atoms with Crippen molar-refractivity contribution in [3.05, 3.63) is 114 Å². The van der Waals surface area contributed by atoms with Gasteiger partial charge in [0, 0.05) is 29.0 Å². The van der Waals surface area contributed by atoms with Crippen molar-refractivity contribution in [2.24, 2.45) is 0 Å². The Balaban J connectivity index is 1.21. The third kappa shape index (κ3) is 6.17. The van der Waals surface area contributed by atoms with Crippen molar-refractivity contribution in [1.29, 1.82) is 0 Å². The molecule has 0 saturated carbocycles. The van der Waals surface area contributed by atoms with Crippen LogP contribution in [-0.4, -0.2) is 51.9 Å². The lowest BCUT2D eigenvalue weighted by atomic mass is 10.0. The summed E-state index contributed by atoms with van der Waals surface area (Å²) < 4.78 is 18.2. The van der Waals surface area contributed by atoms with Gasteiger partial charge in [0.2, 0.25) is 5.91 Å². The third-order valence-corrected chi connectivity index (χ3v) is 8.61. The van der Waals surface area contributed by atoms with Crippen LogP contribution in [0.5, 0.6) is 5.75 Å². The van der Waals surface area contributed by atoms with Crippen molar-refractivity contribution >= 4 is 29.5 Å². The summed E-state index contributed by atoms with van der Waals surface area (Å²) in [5.41, 5.74) is 3.49. The zero-order valence-electron chi connectivity index (χ0n) is 23.3. The van der Waals surface area contributed by atoms with Gasteiger partial charge in [-0.15, -0.1) is 11.8 Å². The minimum atomic E-state index is -0.721. The molecule has 0 aliphatic carbocycles. The molecule has 1 N–H and O–H groups in total. The van der Waals surface area contributed by atoms with Gasteiger partial charge in [-0.25, -0.2) is 14.3 Å². The predicted molar refractivity (Wildman–Crippen MR) is 157 cm³/mol. The summed E-state index contributed by atoms with van der Waals surface area (Å²) in [6, 6.07) is 19.7. The number of hydrogen-bond donors (Lipinski definition) is 1. The fourth-order valence-corrected chi connectivity index (χ4v) is 6.38. The Bertz CT molecular complexity index is 1640. The van der Waals surface area contributed by atoms with Crippen molar-refractivity contribution in [3.63, 3.8) is 0 Å². The second kappa shape index (κ2) is 12.5. The largest absolute Gasteiger partial charge is 0.497 e. The summed E-state index contributed by atoms with van der Waals surface area (Å²) in [5, 5.41) is 2.47. The minimum Gasteiger partial charge on any atom is -0.497 e. The number of esters is 1. The van der Waals surface area contributed by atoms with Crippen LogP contribution in [-0.2, 0) is 38.7 Å². The second-order valence-corrected chi connectivity index (χ2v) is 11.2. The Kier molecular flexibility index (Phi) is 8.23. The number of β-lactam (4-membered cyclic amide) rings is 1. The number of nitrogens with zero attached hydrogens (tertiary/aromatic N) is 3. The lowest BCUT2D eigenvalue weighted by Gasteiger charge is -2.49. The molecule has 4 heterocycles. The van der Waals surface area contributed by atoms with Gasteiger partial charge in [-0.1, -0.05) is 42.5 Å². The molecule has 2 aliphatic heterocycles. The number of thioether (sulfide) groups is 1. The molecule has 2 aromatic carbocycles. The van der Waals surface area contributed by atoms with Gasteiger partial charge >= 0.3 is 5.97 Å². The van der Waals surface area contributed by atoms with E-state index < -0.39 is 17.4 Å². The molecule has 2 aromatic heterocycles. The van der Waals surface area contributed by atoms with Crippen LogP contribution in [0.1, 0.15) is 11.1 Å². The van der Waals surface area contributed by atoms with Gasteiger partial charge in [0.05, 0.1) is 19.7 Å². The topological polar surface area (TPSA) is 115 Å². The maximum absolute atomic E-state index is 13.6. The molecule has 218 valence electrons. The number of aromatic nitrogens is 2. The predicted octanol–water partition coefficient (Wildman–Crippen LogP) is 3.28. The molecule has 2 atom stereocenters. The van der Waals surface area contributed by atoms with Gasteiger partial charge in [-0.05, 0) is 23.3 Å². The Labute approximate surface area is 252 Å². The van der Waals surface area contributed by atoms with Gasteiger partial charge in [0.1, 0.15) is 29.5 Å². The maximum atomic E-state index is 13.6. The minimum absolute atomic E-state index is 0.0374. The normalized spacial score (nSPS) is 17.6. The number of pyridine rings is 1. The van der Waals surface area contributed by atoms with E-state index in [0.717, 1.165) is 22.3 Å². The van der Waals surface area contributed by atoms with E-state index >= 15 is 0 Å². The number of carbonyl (C=O) groups excluding carboxylic acids is 3. The number of fused-ring (bicyclic) bond motifs is 1. The highest BCUT2D eigenvalue weighted by Gasteiger charge is 2.54. The molecule has 0 spiro atoms. The first-order chi connectivity index (χ1) is 21.0. The Morgan fingerprint density at radius 2 is 1.84 bits per heavy atom. The number of oxazole rings is 1. The van der Waals surface area contributed by atoms with Gasteiger partial charge in [-0.2, -0.15) is 0 Å². The fourth-order valence-electron chi connectivity index (χ4n) is 5.04. The van der Waals surface area contributed by atoms with Crippen LogP contribution in [0, 0.1) is 0 Å². The molecule has 11 heteroatoms. The van der Waals surface area contributed by atoms with E-state index in [1.807, 2.05) is 71.6 Å². The van der Waals surface area contributed by atoms with Crippen LogP contribution in [0.3, 0.4) is 0 Å². The average molecular weight is 598 g/mol. The first-order valence-electron chi connectivity index (χ1n) is 13.7. The fraction of sp³-hybridized carbons (Fsp3) is 0.219. The number of nitrogens with one attached hydrogen (secondary N) is 1. The lowest BCUT2D eigenvalue weighted by Crippen LogP contribution is -2.71. The van der Waals surface area contributed by atoms with E-state index in [2.05, 4.69) is 10.3 Å². The standard InChI is InChI=1S/C32H28N4O6S/c1-40-25-9-7-22(8-10-25)18-41-32(39)29-24(17-35-13-11-23(12-14-35)26-16-33-20-42-26)19-43-31-28(30(38)36(29)31)34-27(37)15-21-5-3-2-4-6-21/h2-14,16,20,28,31H,15,17-19H2,1H3/p+1/t28-,31-/m1/s1. The average Bonchev–Trinajstić information content (AvgIpc) is 3.59. The number of ether oxygens (including phenoxy) is 2. The first-order valence-corrected chi connectivity index (χ1v) is 14.7. The lowest BCUT2D eigenvalue weighted by molar-refractivity contribution is -0.689. The molecule has 2 amide bonds. The highest BCUT2D eigenvalue weighted by atomic mass is 32.2.